The fraction of sp³-hybridized carbons (Fsp3) is 0.238. The van der Waals surface area contributed by atoms with Gasteiger partial charge in [0.25, 0.3) is 5.91 Å². The Morgan fingerprint density at radius 1 is 1.08 bits per heavy atom. The third-order valence-corrected chi connectivity index (χ3v) is 4.17. The van der Waals surface area contributed by atoms with Gasteiger partial charge in [-0.25, -0.2) is 0 Å². The van der Waals surface area contributed by atoms with E-state index in [2.05, 4.69) is 17.2 Å². The van der Waals surface area contributed by atoms with Crippen molar-refractivity contribution in [2.75, 3.05) is 13.7 Å². The van der Waals surface area contributed by atoms with Crippen LogP contribution in [0.25, 0.3) is 0 Å². The van der Waals surface area contributed by atoms with E-state index in [-0.39, 0.29) is 12.5 Å². The van der Waals surface area contributed by atoms with E-state index in [1.54, 1.807) is 22.8 Å². The highest BCUT2D eigenvalue weighted by Gasteiger charge is 2.12. The summed E-state index contributed by atoms with van der Waals surface area (Å²) < 4.78 is 7.55. The van der Waals surface area contributed by atoms with Gasteiger partial charge < -0.3 is 9.64 Å². The molecule has 0 radical (unpaired) electrons. The Morgan fingerprint density at radius 2 is 1.81 bits per heavy atom. The number of hydrogen-bond acceptors (Lipinski definition) is 3. The summed E-state index contributed by atoms with van der Waals surface area (Å²) in [5.41, 5.74) is 3.28. The number of rotatable bonds is 7. The number of aryl methyl sites for hydroxylation is 1. The zero-order valence-electron chi connectivity index (χ0n) is 15.1. The Morgan fingerprint density at radius 3 is 2.54 bits per heavy atom. The van der Waals surface area contributed by atoms with E-state index >= 15 is 0 Å². The maximum atomic E-state index is 12.4. The van der Waals surface area contributed by atoms with Crippen LogP contribution < -0.4 is 4.74 Å². The average Bonchev–Trinajstić information content (AvgIpc) is 3.06. The molecule has 0 N–H and O–H groups in total. The number of carbonyl (C=O) groups is 1. The molecule has 1 aromatic heterocycles. The van der Waals surface area contributed by atoms with Crippen molar-refractivity contribution >= 4 is 5.91 Å². The van der Waals surface area contributed by atoms with Crippen molar-refractivity contribution in [2.45, 2.75) is 13.0 Å². The van der Waals surface area contributed by atoms with E-state index in [0.29, 0.717) is 6.54 Å². The summed E-state index contributed by atoms with van der Waals surface area (Å²) in [6.45, 7) is 0.532. The van der Waals surface area contributed by atoms with Gasteiger partial charge in [0.2, 0.25) is 0 Å². The number of ether oxygens (including phenoxy) is 1. The van der Waals surface area contributed by atoms with E-state index in [1.807, 2.05) is 55.7 Å². The molecule has 134 valence electrons. The third-order valence-electron chi connectivity index (χ3n) is 4.17. The zero-order chi connectivity index (χ0) is 18.4. The molecule has 0 saturated heterocycles. The van der Waals surface area contributed by atoms with Crippen molar-refractivity contribution in [3.05, 3.63) is 83.7 Å². The van der Waals surface area contributed by atoms with E-state index in [9.17, 15) is 4.79 Å². The molecule has 3 aromatic rings. The molecule has 26 heavy (non-hydrogen) atoms. The first kappa shape index (κ1) is 17.7. The van der Waals surface area contributed by atoms with Gasteiger partial charge in [0.05, 0.1) is 6.20 Å². The predicted molar refractivity (Wildman–Crippen MR) is 101 cm³/mol. The number of carbonyl (C=O) groups excluding carboxylic acids is 1. The van der Waals surface area contributed by atoms with Gasteiger partial charge in [-0.3, -0.25) is 9.48 Å². The van der Waals surface area contributed by atoms with Crippen LogP contribution in [0.2, 0.25) is 0 Å². The maximum absolute atomic E-state index is 12.4. The number of hydrogen-bond donors (Lipinski definition) is 0. The Hall–Kier alpha value is -3.08. The standard InChI is InChI=1S/C21H23N3O2/c1-23(14-18-13-22-24(2)15-18)21(25)16-26-20-11-7-6-10-19(20)12-17-8-4-3-5-9-17/h3-11,13,15H,12,14,16H2,1-2H3. The van der Waals surface area contributed by atoms with Gasteiger partial charge in [0.15, 0.2) is 6.61 Å². The molecule has 1 amide bonds. The minimum Gasteiger partial charge on any atom is -0.483 e. The number of benzene rings is 2. The molecule has 0 aliphatic carbocycles. The van der Waals surface area contributed by atoms with Crippen LogP contribution in [0.1, 0.15) is 16.7 Å². The zero-order valence-corrected chi connectivity index (χ0v) is 15.1. The van der Waals surface area contributed by atoms with E-state index in [1.165, 1.54) is 5.56 Å². The second-order valence-electron chi connectivity index (χ2n) is 6.33. The highest BCUT2D eigenvalue weighted by Crippen LogP contribution is 2.21. The van der Waals surface area contributed by atoms with Crippen molar-refractivity contribution in [1.29, 1.82) is 0 Å². The SMILES string of the molecule is CN(Cc1cnn(C)c1)C(=O)COc1ccccc1Cc1ccccc1. The lowest BCUT2D eigenvalue weighted by Gasteiger charge is -2.17. The van der Waals surface area contributed by atoms with Gasteiger partial charge in [-0.15, -0.1) is 0 Å². The second-order valence-corrected chi connectivity index (χ2v) is 6.33. The minimum absolute atomic E-state index is 0.0164. The van der Waals surface area contributed by atoms with Crippen molar-refractivity contribution < 1.29 is 9.53 Å². The first-order valence-corrected chi connectivity index (χ1v) is 8.58. The Kier molecular flexibility index (Phi) is 5.69. The molecule has 0 aliphatic heterocycles. The smallest absolute Gasteiger partial charge is 0.260 e. The quantitative estimate of drug-likeness (QED) is 0.659. The fourth-order valence-corrected chi connectivity index (χ4v) is 2.77. The maximum Gasteiger partial charge on any atom is 0.260 e. The molecule has 3 rings (SSSR count). The lowest BCUT2D eigenvalue weighted by atomic mass is 10.0. The molecule has 5 nitrogen and oxygen atoms in total. The molecule has 0 spiro atoms. The topological polar surface area (TPSA) is 47.4 Å². The average molecular weight is 349 g/mol. The Bertz CT molecular complexity index is 858. The van der Waals surface area contributed by atoms with Crippen LogP contribution in [-0.4, -0.2) is 34.2 Å². The van der Waals surface area contributed by atoms with Gasteiger partial charge >= 0.3 is 0 Å². The molecule has 2 aromatic carbocycles. The summed E-state index contributed by atoms with van der Waals surface area (Å²) in [5, 5.41) is 4.12. The second kappa shape index (κ2) is 8.34. The van der Waals surface area contributed by atoms with Gasteiger partial charge in [-0.2, -0.15) is 5.10 Å². The van der Waals surface area contributed by atoms with Crippen molar-refractivity contribution in [3.63, 3.8) is 0 Å². The lowest BCUT2D eigenvalue weighted by molar-refractivity contribution is -0.132. The fourth-order valence-electron chi connectivity index (χ4n) is 2.77. The van der Waals surface area contributed by atoms with Crippen molar-refractivity contribution in [2.24, 2.45) is 7.05 Å². The largest absolute Gasteiger partial charge is 0.483 e. The number of aromatic nitrogens is 2. The number of nitrogens with zero attached hydrogens (tertiary/aromatic N) is 3. The molecule has 0 saturated carbocycles. The summed E-state index contributed by atoms with van der Waals surface area (Å²) >= 11 is 0. The molecule has 0 bridgehead atoms. The molecule has 0 fully saturated rings. The van der Waals surface area contributed by atoms with Crippen LogP contribution in [0.15, 0.2) is 67.0 Å². The predicted octanol–water partition coefficient (Wildman–Crippen LogP) is 3.05. The number of para-hydroxylation sites is 1. The summed E-state index contributed by atoms with van der Waals surface area (Å²) in [4.78, 5) is 14.0. The normalized spacial score (nSPS) is 10.5. The molecule has 0 aliphatic rings. The number of amides is 1. The molecule has 1 heterocycles. The number of likely N-dealkylation sites (N-methyl/N-ethyl adjacent to an activating group) is 1. The van der Waals surface area contributed by atoms with Crippen LogP contribution in [0.3, 0.4) is 0 Å². The third kappa shape index (κ3) is 4.72. The van der Waals surface area contributed by atoms with Crippen LogP contribution >= 0.6 is 0 Å². The summed E-state index contributed by atoms with van der Waals surface area (Å²) in [7, 11) is 3.63. The first-order valence-electron chi connectivity index (χ1n) is 8.58. The molecule has 0 atom stereocenters. The van der Waals surface area contributed by atoms with Crippen molar-refractivity contribution in [3.8, 4) is 5.75 Å². The van der Waals surface area contributed by atoms with Gasteiger partial charge in [-0.05, 0) is 17.2 Å². The van der Waals surface area contributed by atoms with Gasteiger partial charge in [-0.1, -0.05) is 48.5 Å². The van der Waals surface area contributed by atoms with Crippen LogP contribution in [0.4, 0.5) is 0 Å². The van der Waals surface area contributed by atoms with Crippen LogP contribution in [0.5, 0.6) is 5.75 Å². The molecular weight excluding hydrogens is 326 g/mol. The molecular formula is C21H23N3O2. The van der Waals surface area contributed by atoms with Crippen molar-refractivity contribution in [1.82, 2.24) is 14.7 Å². The first-order chi connectivity index (χ1) is 12.6. The minimum atomic E-state index is -0.0663. The Labute approximate surface area is 153 Å². The highest BCUT2D eigenvalue weighted by atomic mass is 16.5. The van der Waals surface area contributed by atoms with E-state index < -0.39 is 0 Å². The summed E-state index contributed by atoms with van der Waals surface area (Å²) in [5.74, 6) is 0.683. The molecule has 0 unspecified atom stereocenters. The summed E-state index contributed by atoms with van der Waals surface area (Å²) in [6.07, 6.45) is 4.44. The van der Waals surface area contributed by atoms with Crippen LogP contribution in [-0.2, 0) is 24.8 Å². The summed E-state index contributed by atoms with van der Waals surface area (Å²) in [6, 6.07) is 18.1. The van der Waals surface area contributed by atoms with E-state index in [4.69, 9.17) is 4.74 Å². The van der Waals surface area contributed by atoms with Gasteiger partial charge in [0.1, 0.15) is 5.75 Å². The van der Waals surface area contributed by atoms with Gasteiger partial charge in [0, 0.05) is 38.8 Å². The van der Waals surface area contributed by atoms with Crippen LogP contribution in [0, 0.1) is 0 Å². The Balaban J connectivity index is 1.59. The highest BCUT2D eigenvalue weighted by molar-refractivity contribution is 5.77. The monoisotopic (exact) mass is 349 g/mol. The molecule has 5 heteroatoms. The van der Waals surface area contributed by atoms with E-state index in [0.717, 1.165) is 23.3 Å². The lowest BCUT2D eigenvalue weighted by Crippen LogP contribution is -2.31.